The molecule has 1 aromatic heterocycles. The second kappa shape index (κ2) is 3.40. The first kappa shape index (κ1) is 9.19. The van der Waals surface area contributed by atoms with E-state index < -0.39 is 0 Å². The Bertz CT molecular complexity index is 465. The Hall–Kier alpha value is -0.380. The highest BCUT2D eigenvalue weighted by Gasteiger charge is 2.07. The third-order valence-corrected chi connectivity index (χ3v) is 2.88. The first-order valence-electron chi connectivity index (χ1n) is 3.44. The maximum atomic E-state index is 5.95. The number of aromatic nitrogens is 2. The quantitative estimate of drug-likeness (QED) is 0.686. The van der Waals surface area contributed by atoms with Gasteiger partial charge in [-0.1, -0.05) is 23.2 Å². The van der Waals surface area contributed by atoms with Crippen LogP contribution >= 0.6 is 39.1 Å². The van der Waals surface area contributed by atoms with E-state index in [1.807, 2.05) is 6.07 Å². The lowest BCUT2D eigenvalue weighted by Crippen LogP contribution is -1.85. The third kappa shape index (κ3) is 1.52. The molecule has 13 heavy (non-hydrogen) atoms. The molecule has 2 nitrogen and oxygen atoms in total. The van der Waals surface area contributed by atoms with E-state index in [4.69, 9.17) is 23.2 Å². The molecule has 0 fully saturated rings. The van der Waals surface area contributed by atoms with Crippen LogP contribution in [0.1, 0.15) is 0 Å². The predicted molar refractivity (Wildman–Crippen MR) is 57.3 cm³/mol. The Morgan fingerprint density at radius 1 is 1.15 bits per heavy atom. The van der Waals surface area contributed by atoms with Crippen molar-refractivity contribution in [2.75, 3.05) is 0 Å². The van der Waals surface area contributed by atoms with Crippen LogP contribution in [0, 0.1) is 0 Å². The van der Waals surface area contributed by atoms with Gasteiger partial charge in [0.05, 0.1) is 15.9 Å². The van der Waals surface area contributed by atoms with Crippen LogP contribution < -0.4 is 0 Å². The maximum Gasteiger partial charge on any atom is 0.141 e. The van der Waals surface area contributed by atoms with Crippen molar-refractivity contribution in [3.8, 4) is 0 Å². The van der Waals surface area contributed by atoms with Gasteiger partial charge in [0.1, 0.15) is 11.5 Å². The van der Waals surface area contributed by atoms with Crippen molar-refractivity contribution in [3.05, 3.63) is 33.1 Å². The number of benzene rings is 1. The largest absolute Gasteiger partial charge is 0.235 e. The van der Waals surface area contributed by atoms with Crippen LogP contribution in [0.15, 0.2) is 22.9 Å². The predicted octanol–water partition coefficient (Wildman–Crippen LogP) is 3.70. The Labute approximate surface area is 93.0 Å². The lowest BCUT2D eigenvalue weighted by Gasteiger charge is -2.02. The number of hydrogen-bond acceptors (Lipinski definition) is 2. The second-order valence-corrected chi connectivity index (χ2v) is 4.04. The minimum absolute atomic E-state index is 0.372. The van der Waals surface area contributed by atoms with Crippen molar-refractivity contribution < 1.29 is 0 Å². The number of nitrogens with zero attached hydrogens (tertiary/aromatic N) is 2. The fourth-order valence-electron chi connectivity index (χ4n) is 1.07. The van der Waals surface area contributed by atoms with Gasteiger partial charge in [-0.2, -0.15) is 0 Å². The Kier molecular flexibility index (Phi) is 2.41. The van der Waals surface area contributed by atoms with Crippen molar-refractivity contribution in [3.63, 3.8) is 0 Å². The molecule has 1 heterocycles. The van der Waals surface area contributed by atoms with Gasteiger partial charge in [0.25, 0.3) is 0 Å². The zero-order chi connectivity index (χ0) is 9.42. The number of fused-ring (bicyclic) bond motifs is 1. The molecule has 0 saturated carbocycles. The van der Waals surface area contributed by atoms with Gasteiger partial charge < -0.3 is 0 Å². The highest BCUT2D eigenvalue weighted by Crippen LogP contribution is 2.31. The van der Waals surface area contributed by atoms with Gasteiger partial charge in [-0.25, -0.2) is 9.97 Å². The first-order chi connectivity index (χ1) is 6.20. The van der Waals surface area contributed by atoms with Crippen molar-refractivity contribution >= 4 is 50.0 Å². The Balaban J connectivity index is 3.00. The van der Waals surface area contributed by atoms with E-state index >= 15 is 0 Å². The summed E-state index contributed by atoms with van der Waals surface area (Å²) in [5, 5.41) is 1.61. The molecular formula is C8H3BrCl2N2. The van der Waals surface area contributed by atoms with Crippen LogP contribution in [-0.2, 0) is 0 Å². The summed E-state index contributed by atoms with van der Waals surface area (Å²) in [5.74, 6) is 0. The van der Waals surface area contributed by atoms with E-state index in [1.54, 1.807) is 6.07 Å². The summed E-state index contributed by atoms with van der Waals surface area (Å²) in [7, 11) is 0. The molecule has 0 spiro atoms. The molecule has 0 saturated heterocycles. The summed E-state index contributed by atoms with van der Waals surface area (Å²) in [6.45, 7) is 0. The topological polar surface area (TPSA) is 25.8 Å². The van der Waals surface area contributed by atoms with Gasteiger partial charge >= 0.3 is 0 Å². The number of hydrogen-bond donors (Lipinski definition) is 0. The zero-order valence-corrected chi connectivity index (χ0v) is 9.36. The van der Waals surface area contributed by atoms with Crippen LogP contribution in [0.2, 0.25) is 10.2 Å². The number of halogens is 3. The molecule has 1 aromatic carbocycles. The molecule has 5 heteroatoms. The van der Waals surface area contributed by atoms with Gasteiger partial charge in [-0.3, -0.25) is 0 Å². The van der Waals surface area contributed by atoms with Crippen molar-refractivity contribution in [2.45, 2.75) is 0 Å². The highest BCUT2D eigenvalue weighted by atomic mass is 79.9. The molecule has 2 rings (SSSR count). The van der Waals surface area contributed by atoms with E-state index in [2.05, 4.69) is 25.9 Å². The average Bonchev–Trinajstić information content (AvgIpc) is 2.12. The van der Waals surface area contributed by atoms with Crippen LogP contribution in [-0.4, -0.2) is 9.97 Å². The van der Waals surface area contributed by atoms with Gasteiger partial charge in [-0.15, -0.1) is 0 Å². The fourth-order valence-corrected chi connectivity index (χ4v) is 2.02. The summed E-state index contributed by atoms with van der Waals surface area (Å²) in [6, 6.07) is 3.58. The van der Waals surface area contributed by atoms with Gasteiger partial charge in [-0.05, 0) is 28.1 Å². The molecule has 0 unspecified atom stereocenters. The standard InChI is InChI=1S/C8H3BrCl2N2/c9-4-1-2-5(10)6-7(4)12-3-13-8(6)11/h1-3H. The fraction of sp³-hybridized carbons (Fsp3) is 0. The SMILES string of the molecule is Clc1ccc(Br)c2ncnc(Cl)c12. The maximum absolute atomic E-state index is 5.95. The van der Waals surface area contributed by atoms with Crippen LogP contribution in [0.25, 0.3) is 10.9 Å². The molecule has 0 radical (unpaired) electrons. The smallest absolute Gasteiger partial charge is 0.141 e. The Morgan fingerprint density at radius 3 is 2.62 bits per heavy atom. The van der Waals surface area contributed by atoms with Crippen molar-refractivity contribution in [1.82, 2.24) is 9.97 Å². The molecule has 0 aliphatic carbocycles. The highest BCUT2D eigenvalue weighted by molar-refractivity contribution is 9.10. The second-order valence-electron chi connectivity index (χ2n) is 2.42. The summed E-state index contributed by atoms with van der Waals surface area (Å²) < 4.78 is 0.858. The summed E-state index contributed by atoms with van der Waals surface area (Å²) >= 11 is 15.2. The lowest BCUT2D eigenvalue weighted by molar-refractivity contribution is 1.22. The molecular weight excluding hydrogens is 275 g/mol. The summed E-state index contributed by atoms with van der Waals surface area (Å²) in [6.07, 6.45) is 1.41. The van der Waals surface area contributed by atoms with E-state index in [9.17, 15) is 0 Å². The minimum atomic E-state index is 0.372. The van der Waals surface area contributed by atoms with E-state index in [0.717, 1.165) is 9.99 Å². The average molecular weight is 278 g/mol. The van der Waals surface area contributed by atoms with Gasteiger partial charge in [0.2, 0.25) is 0 Å². The first-order valence-corrected chi connectivity index (χ1v) is 4.99. The zero-order valence-electron chi connectivity index (χ0n) is 6.26. The van der Waals surface area contributed by atoms with Gasteiger partial charge in [0.15, 0.2) is 0 Å². The molecule has 66 valence electrons. The normalized spacial score (nSPS) is 10.7. The molecule has 0 N–H and O–H groups in total. The van der Waals surface area contributed by atoms with Crippen LogP contribution in [0.3, 0.4) is 0 Å². The van der Waals surface area contributed by atoms with Crippen molar-refractivity contribution in [1.29, 1.82) is 0 Å². The lowest BCUT2D eigenvalue weighted by atomic mass is 10.2. The molecule has 0 atom stereocenters. The summed E-state index contributed by atoms with van der Waals surface area (Å²) in [5.41, 5.74) is 0.729. The monoisotopic (exact) mass is 276 g/mol. The van der Waals surface area contributed by atoms with E-state index in [-0.39, 0.29) is 0 Å². The molecule has 0 aliphatic heterocycles. The van der Waals surface area contributed by atoms with Gasteiger partial charge in [0, 0.05) is 4.47 Å². The van der Waals surface area contributed by atoms with E-state index in [1.165, 1.54) is 6.33 Å². The number of rotatable bonds is 0. The molecule has 0 aliphatic rings. The molecule has 0 bridgehead atoms. The van der Waals surface area contributed by atoms with Crippen molar-refractivity contribution in [2.24, 2.45) is 0 Å². The molecule has 0 amide bonds. The summed E-state index contributed by atoms with van der Waals surface area (Å²) in [4.78, 5) is 7.93. The third-order valence-electron chi connectivity index (χ3n) is 1.64. The molecule has 2 aromatic rings. The Morgan fingerprint density at radius 2 is 1.92 bits per heavy atom. The minimum Gasteiger partial charge on any atom is -0.235 e. The van der Waals surface area contributed by atoms with E-state index in [0.29, 0.717) is 15.6 Å². The van der Waals surface area contributed by atoms with Crippen LogP contribution in [0.5, 0.6) is 0 Å². The van der Waals surface area contributed by atoms with Crippen LogP contribution in [0.4, 0.5) is 0 Å².